The fourth-order valence-corrected chi connectivity index (χ4v) is 4.89. The van der Waals surface area contributed by atoms with Crippen LogP contribution in [0.3, 0.4) is 0 Å². The molecule has 188 valence electrons. The molecule has 1 aliphatic rings. The number of thiocarbonyl (C=S) groups is 1. The Kier molecular flexibility index (Phi) is 8.10. The van der Waals surface area contributed by atoms with Crippen molar-refractivity contribution in [3.8, 4) is 0 Å². The van der Waals surface area contributed by atoms with E-state index in [0.717, 1.165) is 18.8 Å². The first-order valence-electron chi connectivity index (χ1n) is 12.9. The minimum absolute atomic E-state index is 0.000139. The predicted octanol–water partition coefficient (Wildman–Crippen LogP) is 7.25. The van der Waals surface area contributed by atoms with E-state index in [1.165, 1.54) is 36.1 Å². The number of hydrogen-bond donors (Lipinski definition) is 2. The van der Waals surface area contributed by atoms with Crippen molar-refractivity contribution in [3.05, 3.63) is 95.1 Å². The van der Waals surface area contributed by atoms with Gasteiger partial charge in [0.1, 0.15) is 0 Å². The van der Waals surface area contributed by atoms with Crippen molar-refractivity contribution < 1.29 is 4.79 Å². The second kappa shape index (κ2) is 11.3. The van der Waals surface area contributed by atoms with Crippen molar-refractivity contribution in [2.45, 2.75) is 58.4 Å². The van der Waals surface area contributed by atoms with E-state index >= 15 is 0 Å². The highest BCUT2D eigenvalue weighted by Crippen LogP contribution is 2.24. The molecule has 0 aliphatic carbocycles. The first kappa shape index (κ1) is 25.9. The number of benzene rings is 3. The molecule has 0 saturated carbocycles. The maximum Gasteiger partial charge on any atom is 0.193 e. The average molecular weight is 500 g/mol. The van der Waals surface area contributed by atoms with E-state index in [-0.39, 0.29) is 17.2 Å². The lowest BCUT2D eigenvalue weighted by Crippen LogP contribution is -2.31. The lowest BCUT2D eigenvalue weighted by Gasteiger charge is -2.29. The van der Waals surface area contributed by atoms with Crippen LogP contribution in [0.5, 0.6) is 0 Å². The summed E-state index contributed by atoms with van der Waals surface area (Å²) < 4.78 is 0. The van der Waals surface area contributed by atoms with Gasteiger partial charge in [-0.3, -0.25) is 4.79 Å². The summed E-state index contributed by atoms with van der Waals surface area (Å²) in [4.78, 5) is 15.5. The zero-order chi connectivity index (χ0) is 25.7. The molecular weight excluding hydrogens is 462 g/mol. The van der Waals surface area contributed by atoms with Gasteiger partial charge in [0.25, 0.3) is 0 Å². The van der Waals surface area contributed by atoms with Gasteiger partial charge in [-0.15, -0.1) is 0 Å². The van der Waals surface area contributed by atoms with Crippen LogP contribution < -0.4 is 15.5 Å². The molecule has 0 radical (unpaired) electrons. The molecular formula is C31H37N3OS. The van der Waals surface area contributed by atoms with Gasteiger partial charge in [-0.25, -0.2) is 0 Å². The SMILES string of the molecule is C[C@@H](NC(=S)Nc1cccc(C(=O)c2ccc(C(C)(C)C)cc2)c1)c1ccc(N2CCCCC2)cc1. The molecule has 4 nitrogen and oxygen atoms in total. The molecule has 5 heteroatoms. The third-order valence-electron chi connectivity index (χ3n) is 6.86. The Labute approximate surface area is 221 Å². The maximum atomic E-state index is 13.1. The first-order valence-corrected chi connectivity index (χ1v) is 13.3. The Balaban J connectivity index is 1.36. The van der Waals surface area contributed by atoms with Crippen LogP contribution in [-0.2, 0) is 5.41 Å². The number of ketones is 1. The Morgan fingerprint density at radius 1 is 0.889 bits per heavy atom. The third kappa shape index (κ3) is 6.52. The van der Waals surface area contributed by atoms with Gasteiger partial charge < -0.3 is 15.5 Å². The molecule has 2 N–H and O–H groups in total. The Morgan fingerprint density at radius 3 is 2.19 bits per heavy atom. The molecule has 1 fully saturated rings. The molecule has 0 spiro atoms. The second-order valence-corrected chi connectivity index (χ2v) is 11.1. The van der Waals surface area contributed by atoms with Crippen molar-refractivity contribution in [2.24, 2.45) is 0 Å². The molecule has 3 aromatic rings. The lowest BCUT2D eigenvalue weighted by atomic mass is 9.86. The van der Waals surface area contributed by atoms with Gasteiger partial charge in [0.15, 0.2) is 10.9 Å². The molecule has 36 heavy (non-hydrogen) atoms. The van der Waals surface area contributed by atoms with Crippen LogP contribution in [0.1, 0.15) is 80.0 Å². The number of nitrogens with zero attached hydrogens (tertiary/aromatic N) is 1. The van der Waals surface area contributed by atoms with Crippen LogP contribution in [0, 0.1) is 0 Å². The summed E-state index contributed by atoms with van der Waals surface area (Å²) in [6, 6.07) is 24.2. The largest absolute Gasteiger partial charge is 0.372 e. The molecule has 0 amide bonds. The lowest BCUT2D eigenvalue weighted by molar-refractivity contribution is 0.103. The van der Waals surface area contributed by atoms with Crippen LogP contribution in [0.15, 0.2) is 72.8 Å². The standard InChI is InChI=1S/C31H37N3OS/c1-22(23-13-17-28(18-14-23)34-19-6-5-7-20-34)32-30(36)33-27-10-8-9-25(21-27)29(35)24-11-15-26(16-12-24)31(2,3)4/h8-18,21-22H,5-7,19-20H2,1-4H3,(H2,32,33,36)/t22-/m1/s1. The minimum atomic E-state index is 0.000139. The van der Waals surface area contributed by atoms with Gasteiger partial charge in [-0.1, -0.05) is 69.3 Å². The normalized spacial score (nSPS) is 14.7. The number of piperidine rings is 1. The summed E-state index contributed by atoms with van der Waals surface area (Å²) in [7, 11) is 0. The fraction of sp³-hybridized carbons (Fsp3) is 0.355. The molecule has 0 unspecified atom stereocenters. The summed E-state index contributed by atoms with van der Waals surface area (Å²) in [6.07, 6.45) is 3.88. The maximum absolute atomic E-state index is 13.1. The fourth-order valence-electron chi connectivity index (χ4n) is 4.60. The highest BCUT2D eigenvalue weighted by atomic mass is 32.1. The highest BCUT2D eigenvalue weighted by molar-refractivity contribution is 7.80. The summed E-state index contributed by atoms with van der Waals surface area (Å²) in [5.41, 5.74) is 5.85. The third-order valence-corrected chi connectivity index (χ3v) is 7.08. The van der Waals surface area contributed by atoms with E-state index in [9.17, 15) is 4.79 Å². The molecule has 0 bridgehead atoms. The van der Waals surface area contributed by atoms with Crippen LogP contribution in [-0.4, -0.2) is 24.0 Å². The number of nitrogens with one attached hydrogen (secondary N) is 2. The topological polar surface area (TPSA) is 44.4 Å². The van der Waals surface area contributed by atoms with Gasteiger partial charge in [0.2, 0.25) is 0 Å². The van der Waals surface area contributed by atoms with Gasteiger partial charge in [-0.2, -0.15) is 0 Å². The Morgan fingerprint density at radius 2 is 1.56 bits per heavy atom. The Hall–Kier alpha value is -3.18. The average Bonchev–Trinajstić information content (AvgIpc) is 2.88. The van der Waals surface area contributed by atoms with Crippen molar-refractivity contribution in [1.82, 2.24) is 5.32 Å². The molecule has 1 aliphatic heterocycles. The molecule has 1 atom stereocenters. The van der Waals surface area contributed by atoms with Crippen molar-refractivity contribution in [3.63, 3.8) is 0 Å². The number of hydrogen-bond acceptors (Lipinski definition) is 3. The van der Waals surface area contributed by atoms with E-state index in [4.69, 9.17) is 12.2 Å². The minimum Gasteiger partial charge on any atom is -0.372 e. The highest BCUT2D eigenvalue weighted by Gasteiger charge is 2.16. The molecule has 1 heterocycles. The van der Waals surface area contributed by atoms with E-state index < -0.39 is 0 Å². The van der Waals surface area contributed by atoms with Gasteiger partial charge in [0.05, 0.1) is 6.04 Å². The number of carbonyl (C=O) groups is 1. The van der Waals surface area contributed by atoms with Crippen LogP contribution in [0.2, 0.25) is 0 Å². The van der Waals surface area contributed by atoms with E-state index in [0.29, 0.717) is 16.2 Å². The summed E-state index contributed by atoms with van der Waals surface area (Å²) in [6.45, 7) is 10.9. The van der Waals surface area contributed by atoms with Crippen molar-refractivity contribution >= 4 is 34.5 Å². The zero-order valence-electron chi connectivity index (χ0n) is 21.8. The Bertz CT molecular complexity index is 1190. The van der Waals surface area contributed by atoms with E-state index in [2.05, 4.69) is 67.5 Å². The molecule has 0 aromatic heterocycles. The number of anilines is 2. The summed E-state index contributed by atoms with van der Waals surface area (Å²) in [5, 5.41) is 7.14. The first-order chi connectivity index (χ1) is 17.2. The summed E-state index contributed by atoms with van der Waals surface area (Å²) >= 11 is 5.58. The molecule has 1 saturated heterocycles. The summed E-state index contributed by atoms with van der Waals surface area (Å²) in [5.74, 6) is 0.000139. The van der Waals surface area contributed by atoms with Crippen LogP contribution >= 0.6 is 12.2 Å². The van der Waals surface area contributed by atoms with E-state index in [1.54, 1.807) is 0 Å². The quantitative estimate of drug-likeness (QED) is 0.276. The predicted molar refractivity (Wildman–Crippen MR) is 155 cm³/mol. The zero-order valence-corrected chi connectivity index (χ0v) is 22.6. The molecule has 4 rings (SSSR count). The van der Waals surface area contributed by atoms with Crippen LogP contribution in [0.4, 0.5) is 11.4 Å². The molecule has 3 aromatic carbocycles. The second-order valence-electron chi connectivity index (χ2n) is 10.7. The monoisotopic (exact) mass is 499 g/mol. The van der Waals surface area contributed by atoms with Gasteiger partial charge in [0, 0.05) is 35.6 Å². The van der Waals surface area contributed by atoms with E-state index in [1.807, 2.05) is 48.5 Å². The van der Waals surface area contributed by atoms with Crippen molar-refractivity contribution in [2.75, 3.05) is 23.3 Å². The van der Waals surface area contributed by atoms with Gasteiger partial charge in [-0.05, 0) is 79.2 Å². The van der Waals surface area contributed by atoms with Crippen LogP contribution in [0.25, 0.3) is 0 Å². The van der Waals surface area contributed by atoms with Crippen molar-refractivity contribution in [1.29, 1.82) is 0 Å². The van der Waals surface area contributed by atoms with Gasteiger partial charge >= 0.3 is 0 Å². The number of carbonyl (C=O) groups excluding carboxylic acids is 1. The number of rotatable bonds is 6. The smallest absolute Gasteiger partial charge is 0.193 e.